The van der Waals surface area contributed by atoms with Gasteiger partial charge >= 0.3 is 0 Å². The Morgan fingerprint density at radius 2 is 0.731 bits per heavy atom. The molecule has 0 aliphatic heterocycles. The predicted molar refractivity (Wildman–Crippen MR) is 222 cm³/mol. The smallest absolute Gasteiger partial charge is 0.0720 e. The van der Waals surface area contributed by atoms with Gasteiger partial charge in [0.15, 0.2) is 0 Å². The maximum Gasteiger partial charge on any atom is 0.0720 e. The molecule has 242 valence electrons. The lowest BCUT2D eigenvalue weighted by Crippen LogP contribution is -1.96. The third-order valence-electron chi connectivity index (χ3n) is 11.0. The van der Waals surface area contributed by atoms with Crippen molar-refractivity contribution in [1.82, 2.24) is 13.7 Å². The normalized spacial score (nSPS) is 12.2. The van der Waals surface area contributed by atoms with Gasteiger partial charge in [0.25, 0.3) is 0 Å². The SMILES string of the molecule is c1ccc(-n2c3ccccc3c3c(-n4c5ccccc5c5ccc6c7ccc8c9ccccc9n(-c9ccccc9)c8c7sc6c54)cccc32)cc1. The number of benzene rings is 8. The van der Waals surface area contributed by atoms with E-state index in [0.29, 0.717) is 0 Å². The lowest BCUT2D eigenvalue weighted by molar-refractivity contribution is 1.17. The summed E-state index contributed by atoms with van der Waals surface area (Å²) in [7, 11) is 0. The van der Waals surface area contributed by atoms with Gasteiger partial charge in [-0.05, 0) is 54.6 Å². The van der Waals surface area contributed by atoms with Crippen LogP contribution < -0.4 is 0 Å². The molecule has 0 saturated carbocycles. The molecule has 3 nitrogen and oxygen atoms in total. The lowest BCUT2D eigenvalue weighted by Gasteiger charge is -2.12. The molecule has 0 aliphatic carbocycles. The Morgan fingerprint density at radius 1 is 0.288 bits per heavy atom. The molecular weight excluding hydrogens is 651 g/mol. The van der Waals surface area contributed by atoms with Gasteiger partial charge in [0.05, 0.1) is 48.2 Å². The Labute approximate surface area is 302 Å². The van der Waals surface area contributed by atoms with Crippen LogP contribution in [0.4, 0.5) is 0 Å². The molecule has 52 heavy (non-hydrogen) atoms. The Kier molecular flexibility index (Phi) is 5.65. The first-order valence-electron chi connectivity index (χ1n) is 17.8. The quantitative estimate of drug-likeness (QED) is 0.177. The van der Waals surface area contributed by atoms with Gasteiger partial charge in [-0.25, -0.2) is 0 Å². The minimum Gasteiger partial charge on any atom is -0.309 e. The third kappa shape index (κ3) is 3.64. The minimum atomic E-state index is 1.16. The van der Waals surface area contributed by atoms with E-state index in [9.17, 15) is 0 Å². The van der Waals surface area contributed by atoms with Gasteiger partial charge in [0.2, 0.25) is 0 Å². The fourth-order valence-corrected chi connectivity index (χ4v) is 10.3. The number of aromatic nitrogens is 3. The van der Waals surface area contributed by atoms with Crippen molar-refractivity contribution in [2.45, 2.75) is 0 Å². The van der Waals surface area contributed by atoms with Gasteiger partial charge in [-0.1, -0.05) is 121 Å². The van der Waals surface area contributed by atoms with Gasteiger partial charge in [-0.3, -0.25) is 0 Å². The van der Waals surface area contributed by atoms with E-state index >= 15 is 0 Å². The summed E-state index contributed by atoms with van der Waals surface area (Å²) in [5.41, 5.74) is 10.9. The highest BCUT2D eigenvalue weighted by Gasteiger charge is 2.23. The zero-order chi connectivity index (χ0) is 33.9. The van der Waals surface area contributed by atoms with Gasteiger partial charge in [-0.2, -0.15) is 0 Å². The largest absolute Gasteiger partial charge is 0.309 e. The summed E-state index contributed by atoms with van der Waals surface area (Å²) in [4.78, 5) is 0. The average Bonchev–Trinajstić information content (AvgIpc) is 3.95. The average molecular weight is 680 g/mol. The number of hydrogen-bond acceptors (Lipinski definition) is 1. The van der Waals surface area contributed by atoms with Crippen molar-refractivity contribution in [3.63, 3.8) is 0 Å². The van der Waals surface area contributed by atoms with Crippen molar-refractivity contribution < 1.29 is 0 Å². The van der Waals surface area contributed by atoms with E-state index in [1.807, 2.05) is 11.3 Å². The second-order valence-electron chi connectivity index (χ2n) is 13.7. The second-order valence-corrected chi connectivity index (χ2v) is 14.7. The van der Waals surface area contributed by atoms with E-state index in [1.54, 1.807) is 0 Å². The fraction of sp³-hybridized carbons (Fsp3) is 0. The first kappa shape index (κ1) is 28.1. The maximum atomic E-state index is 2.55. The molecule has 0 unspecified atom stereocenters. The van der Waals surface area contributed by atoms with E-state index in [4.69, 9.17) is 0 Å². The van der Waals surface area contributed by atoms with Crippen LogP contribution in [-0.2, 0) is 0 Å². The first-order valence-corrected chi connectivity index (χ1v) is 18.6. The van der Waals surface area contributed by atoms with Gasteiger partial charge in [0.1, 0.15) is 0 Å². The third-order valence-corrected chi connectivity index (χ3v) is 12.3. The zero-order valence-electron chi connectivity index (χ0n) is 28.0. The molecule has 0 fully saturated rings. The first-order chi connectivity index (χ1) is 25.8. The van der Waals surface area contributed by atoms with Crippen molar-refractivity contribution in [2.24, 2.45) is 0 Å². The van der Waals surface area contributed by atoms with Crippen LogP contribution in [0.15, 0.2) is 176 Å². The Hall–Kier alpha value is -6.62. The number of nitrogens with zero attached hydrogens (tertiary/aromatic N) is 3. The molecule has 4 heteroatoms. The summed E-state index contributed by atoms with van der Waals surface area (Å²) in [5.74, 6) is 0. The molecule has 12 aromatic rings. The molecule has 12 rings (SSSR count). The highest BCUT2D eigenvalue weighted by atomic mass is 32.1. The lowest BCUT2D eigenvalue weighted by atomic mass is 10.1. The van der Waals surface area contributed by atoms with Crippen LogP contribution in [0, 0.1) is 0 Å². The second kappa shape index (κ2) is 10.5. The van der Waals surface area contributed by atoms with Crippen LogP contribution >= 0.6 is 11.3 Å². The Balaban J connectivity index is 1.26. The number of para-hydroxylation sites is 5. The van der Waals surface area contributed by atoms with Crippen LogP contribution in [0.1, 0.15) is 0 Å². The molecule has 0 radical (unpaired) electrons. The Bertz CT molecular complexity index is 3390. The topological polar surface area (TPSA) is 14.8 Å². The molecular formula is C48H29N3S. The number of rotatable bonds is 3. The van der Waals surface area contributed by atoms with Crippen LogP contribution in [0.2, 0.25) is 0 Å². The Morgan fingerprint density at radius 3 is 1.35 bits per heavy atom. The summed E-state index contributed by atoms with van der Waals surface area (Å²) >= 11 is 1.93. The molecule has 4 heterocycles. The van der Waals surface area contributed by atoms with Crippen molar-refractivity contribution in [2.75, 3.05) is 0 Å². The van der Waals surface area contributed by atoms with Crippen molar-refractivity contribution >= 4 is 96.9 Å². The van der Waals surface area contributed by atoms with Crippen LogP contribution in [0.3, 0.4) is 0 Å². The maximum absolute atomic E-state index is 2.55. The molecule has 0 saturated heterocycles. The summed E-state index contributed by atoms with van der Waals surface area (Å²) in [6.45, 7) is 0. The van der Waals surface area contributed by atoms with E-state index in [1.165, 1.54) is 97.0 Å². The molecule has 0 aliphatic rings. The van der Waals surface area contributed by atoms with E-state index in [0.717, 1.165) is 5.69 Å². The molecule has 0 atom stereocenters. The van der Waals surface area contributed by atoms with Crippen molar-refractivity contribution in [3.05, 3.63) is 176 Å². The molecule has 0 bridgehead atoms. The zero-order valence-corrected chi connectivity index (χ0v) is 28.8. The molecule has 0 amide bonds. The van der Waals surface area contributed by atoms with Crippen molar-refractivity contribution in [1.29, 1.82) is 0 Å². The van der Waals surface area contributed by atoms with Gasteiger partial charge in [-0.15, -0.1) is 11.3 Å². The van der Waals surface area contributed by atoms with Crippen LogP contribution in [-0.4, -0.2) is 13.7 Å². The highest BCUT2D eigenvalue weighted by molar-refractivity contribution is 7.27. The summed E-state index contributed by atoms with van der Waals surface area (Å²) in [6, 6.07) is 64.4. The number of hydrogen-bond donors (Lipinski definition) is 0. The summed E-state index contributed by atoms with van der Waals surface area (Å²) < 4.78 is 10.1. The van der Waals surface area contributed by atoms with E-state index in [2.05, 4.69) is 190 Å². The van der Waals surface area contributed by atoms with Gasteiger partial charge < -0.3 is 13.7 Å². The molecule has 8 aromatic carbocycles. The predicted octanol–water partition coefficient (Wildman–Crippen LogP) is 13.3. The standard InChI is InChI=1S/C48H29N3S/c1-3-14-30(15-4-1)49-41-23-12-9-20-38(41)44-42(49)24-13-25-43(44)51-40-22-11-8-19-33(40)35-27-29-37-36-28-26-34-32-18-7-10-21-39(32)50(31-16-5-2-6-17-31)45(34)47(36)52-48(37)46(35)51/h1-29H. The number of thiophene rings is 1. The van der Waals surface area contributed by atoms with E-state index in [-0.39, 0.29) is 0 Å². The summed E-state index contributed by atoms with van der Waals surface area (Å²) in [6.07, 6.45) is 0. The van der Waals surface area contributed by atoms with Crippen LogP contribution in [0.25, 0.3) is 103 Å². The molecule has 0 N–H and O–H groups in total. The highest BCUT2D eigenvalue weighted by Crippen LogP contribution is 2.48. The van der Waals surface area contributed by atoms with Crippen LogP contribution in [0.5, 0.6) is 0 Å². The monoisotopic (exact) mass is 679 g/mol. The molecule has 0 spiro atoms. The van der Waals surface area contributed by atoms with Gasteiger partial charge in [0, 0.05) is 54.5 Å². The van der Waals surface area contributed by atoms with Crippen molar-refractivity contribution in [3.8, 4) is 17.1 Å². The number of fused-ring (bicyclic) bond motifs is 14. The van der Waals surface area contributed by atoms with E-state index < -0.39 is 0 Å². The minimum absolute atomic E-state index is 1.16. The fourth-order valence-electron chi connectivity index (χ4n) is 8.92. The molecule has 4 aromatic heterocycles. The summed E-state index contributed by atoms with van der Waals surface area (Å²) in [5, 5.41) is 10.2.